The van der Waals surface area contributed by atoms with E-state index in [0.29, 0.717) is 52.6 Å². The fraction of sp³-hybridized carbons (Fsp3) is 0.370. The van der Waals surface area contributed by atoms with Gasteiger partial charge >= 0.3 is 0 Å². The molecule has 1 aromatic carbocycles. The lowest BCUT2D eigenvalue weighted by molar-refractivity contribution is 0.0954. The van der Waals surface area contributed by atoms with Gasteiger partial charge in [0.2, 0.25) is 0 Å². The number of amides is 1. The van der Waals surface area contributed by atoms with Crippen molar-refractivity contribution in [3.63, 3.8) is 0 Å². The molecule has 5 heterocycles. The Morgan fingerprint density at radius 3 is 2.92 bits per heavy atom. The first kappa shape index (κ1) is 23.5. The highest BCUT2D eigenvalue weighted by Crippen LogP contribution is 2.35. The number of dihydropyridines is 1. The summed E-state index contributed by atoms with van der Waals surface area (Å²) >= 11 is 0. The molecule has 1 amide bonds. The Kier molecular flexibility index (Phi) is 6.05. The third-order valence-corrected chi connectivity index (χ3v) is 6.87. The summed E-state index contributed by atoms with van der Waals surface area (Å²) in [4.78, 5) is 18.4. The quantitative estimate of drug-likeness (QED) is 0.419. The number of aliphatic hydroxyl groups excluding tert-OH is 1. The van der Waals surface area contributed by atoms with E-state index in [9.17, 15) is 9.90 Å². The number of pyridine rings is 1. The molecule has 3 aromatic rings. The second-order valence-electron chi connectivity index (χ2n) is 9.71. The standard InChI is InChI=1S/C27H30N6O4/c1-15(2)33-25-20(14-30-33)19(11-22(31-25)16-3-4-23-24(10-16)37-8-7-36-23)27(35)29-13-18-9-17-12-28-6-5-21(17)32-26(18)34/h3-4,9-11,14-15,26,28,32,34H,5-8,12-13H2,1-2H3,(H,29,35). The molecule has 0 saturated heterocycles. The number of hydrogen-bond acceptors (Lipinski definition) is 8. The Morgan fingerprint density at radius 1 is 1.24 bits per heavy atom. The highest BCUT2D eigenvalue weighted by molar-refractivity contribution is 6.06. The van der Waals surface area contributed by atoms with Crippen LogP contribution in [0.1, 0.15) is 36.7 Å². The Bertz CT molecular complexity index is 1440. The number of fused-ring (bicyclic) bond motifs is 2. The van der Waals surface area contributed by atoms with E-state index in [1.54, 1.807) is 12.3 Å². The molecule has 10 nitrogen and oxygen atoms in total. The highest BCUT2D eigenvalue weighted by atomic mass is 16.6. The number of rotatable bonds is 5. The first-order valence-electron chi connectivity index (χ1n) is 12.6. The molecule has 0 bridgehead atoms. The largest absolute Gasteiger partial charge is 0.486 e. The topological polar surface area (TPSA) is 123 Å². The molecule has 0 fully saturated rings. The van der Waals surface area contributed by atoms with E-state index in [4.69, 9.17) is 14.5 Å². The van der Waals surface area contributed by atoms with Crippen LogP contribution in [0, 0.1) is 0 Å². The average molecular weight is 503 g/mol. The maximum atomic E-state index is 13.5. The lowest BCUT2D eigenvalue weighted by atomic mass is 9.99. The van der Waals surface area contributed by atoms with Gasteiger partial charge in [-0.05, 0) is 49.3 Å². The number of carbonyl (C=O) groups is 1. The summed E-state index contributed by atoms with van der Waals surface area (Å²) in [7, 11) is 0. The Morgan fingerprint density at radius 2 is 2.08 bits per heavy atom. The van der Waals surface area contributed by atoms with Crippen molar-refractivity contribution in [1.29, 1.82) is 0 Å². The van der Waals surface area contributed by atoms with E-state index in [-0.39, 0.29) is 18.5 Å². The molecule has 0 saturated carbocycles. The first-order valence-corrected chi connectivity index (χ1v) is 12.6. The van der Waals surface area contributed by atoms with Gasteiger partial charge in [-0.3, -0.25) is 4.79 Å². The molecule has 1 unspecified atom stereocenters. The molecule has 1 atom stereocenters. The van der Waals surface area contributed by atoms with Crippen LogP contribution >= 0.6 is 0 Å². The summed E-state index contributed by atoms with van der Waals surface area (Å²) in [5.41, 5.74) is 5.45. The van der Waals surface area contributed by atoms with Crippen LogP contribution in [0.15, 0.2) is 53.4 Å². The normalized spacial score (nSPS) is 18.9. The van der Waals surface area contributed by atoms with E-state index in [0.717, 1.165) is 36.3 Å². The summed E-state index contributed by atoms with van der Waals surface area (Å²) in [6.07, 6.45) is 3.68. The van der Waals surface area contributed by atoms with Crippen LogP contribution in [0.3, 0.4) is 0 Å². The van der Waals surface area contributed by atoms with Gasteiger partial charge in [-0.15, -0.1) is 0 Å². The van der Waals surface area contributed by atoms with Gasteiger partial charge in [0.25, 0.3) is 5.91 Å². The minimum Gasteiger partial charge on any atom is -0.486 e. The van der Waals surface area contributed by atoms with E-state index in [2.05, 4.69) is 21.0 Å². The monoisotopic (exact) mass is 502 g/mol. The molecule has 37 heavy (non-hydrogen) atoms. The van der Waals surface area contributed by atoms with Crippen LogP contribution < -0.4 is 25.4 Å². The van der Waals surface area contributed by atoms with Crippen molar-refractivity contribution in [1.82, 2.24) is 30.7 Å². The number of aliphatic hydroxyl groups is 1. The zero-order valence-corrected chi connectivity index (χ0v) is 20.9. The highest BCUT2D eigenvalue weighted by Gasteiger charge is 2.24. The summed E-state index contributed by atoms with van der Waals surface area (Å²) in [5.74, 6) is 1.09. The lowest BCUT2D eigenvalue weighted by Gasteiger charge is -2.30. The third-order valence-electron chi connectivity index (χ3n) is 6.87. The van der Waals surface area contributed by atoms with Crippen LogP contribution in [0.4, 0.5) is 0 Å². The van der Waals surface area contributed by atoms with Crippen LogP contribution in [0.5, 0.6) is 11.5 Å². The number of nitrogens with one attached hydrogen (secondary N) is 3. The Balaban J connectivity index is 1.34. The molecule has 2 aromatic heterocycles. The number of hydrogen-bond donors (Lipinski definition) is 4. The molecule has 0 aliphatic carbocycles. The first-order chi connectivity index (χ1) is 18.0. The van der Waals surface area contributed by atoms with Crippen LogP contribution in [0.2, 0.25) is 0 Å². The van der Waals surface area contributed by atoms with Gasteiger partial charge in [0.05, 0.1) is 22.8 Å². The van der Waals surface area contributed by atoms with Crippen LogP contribution in [-0.4, -0.2) is 64.9 Å². The molecule has 10 heteroatoms. The van der Waals surface area contributed by atoms with Gasteiger partial charge in [0.1, 0.15) is 19.4 Å². The smallest absolute Gasteiger partial charge is 0.252 e. The van der Waals surface area contributed by atoms with Gasteiger partial charge in [-0.2, -0.15) is 5.10 Å². The minimum absolute atomic E-state index is 0.0663. The molecule has 3 aliphatic rings. The molecular weight excluding hydrogens is 472 g/mol. The maximum Gasteiger partial charge on any atom is 0.252 e. The predicted molar refractivity (Wildman–Crippen MR) is 138 cm³/mol. The van der Waals surface area contributed by atoms with Crippen molar-refractivity contribution in [3.05, 3.63) is 58.9 Å². The maximum absolute atomic E-state index is 13.5. The summed E-state index contributed by atoms with van der Waals surface area (Å²) in [5, 5.41) is 25.3. The number of benzene rings is 1. The minimum atomic E-state index is -0.827. The molecule has 0 radical (unpaired) electrons. The number of nitrogens with zero attached hydrogens (tertiary/aromatic N) is 3. The second kappa shape index (κ2) is 9.53. The van der Waals surface area contributed by atoms with Gasteiger partial charge in [0, 0.05) is 43.4 Å². The number of ether oxygens (including phenoxy) is 2. The summed E-state index contributed by atoms with van der Waals surface area (Å²) < 4.78 is 13.2. The fourth-order valence-corrected chi connectivity index (χ4v) is 4.93. The van der Waals surface area contributed by atoms with E-state index >= 15 is 0 Å². The van der Waals surface area contributed by atoms with Gasteiger partial charge in [-0.25, -0.2) is 9.67 Å². The van der Waals surface area contributed by atoms with Crippen molar-refractivity contribution in [2.24, 2.45) is 0 Å². The van der Waals surface area contributed by atoms with Gasteiger partial charge in [0.15, 0.2) is 17.1 Å². The van der Waals surface area contributed by atoms with Gasteiger partial charge in [-0.1, -0.05) is 6.08 Å². The van der Waals surface area contributed by atoms with E-state index in [1.165, 1.54) is 0 Å². The zero-order valence-electron chi connectivity index (χ0n) is 20.9. The Hall–Kier alpha value is -3.89. The molecular formula is C27H30N6O4. The molecule has 3 aliphatic heterocycles. The van der Waals surface area contributed by atoms with Crippen molar-refractivity contribution in [2.75, 3.05) is 32.8 Å². The second-order valence-corrected chi connectivity index (χ2v) is 9.71. The van der Waals surface area contributed by atoms with Crippen LogP contribution in [0.25, 0.3) is 22.3 Å². The van der Waals surface area contributed by atoms with Crippen molar-refractivity contribution in [2.45, 2.75) is 32.5 Å². The SMILES string of the molecule is CC(C)n1ncc2c(C(=O)NCC3=CC4=C(CCNC4)NC3O)cc(-c3ccc4c(c3)OCCO4)nc21. The van der Waals surface area contributed by atoms with Crippen LogP contribution in [-0.2, 0) is 0 Å². The average Bonchev–Trinajstić information content (AvgIpc) is 3.35. The van der Waals surface area contributed by atoms with Gasteiger partial charge < -0.3 is 30.5 Å². The third kappa shape index (κ3) is 4.42. The van der Waals surface area contributed by atoms with Crippen molar-refractivity contribution < 1.29 is 19.4 Å². The molecule has 6 rings (SSSR count). The molecule has 4 N–H and O–H groups in total. The summed E-state index contributed by atoms with van der Waals surface area (Å²) in [6.45, 7) is 6.89. The number of carbonyl (C=O) groups excluding carboxylic acids is 1. The summed E-state index contributed by atoms with van der Waals surface area (Å²) in [6, 6.07) is 7.51. The van der Waals surface area contributed by atoms with E-state index in [1.807, 2.05) is 42.8 Å². The zero-order chi connectivity index (χ0) is 25.5. The fourth-order valence-electron chi connectivity index (χ4n) is 4.93. The Labute approximate surface area is 214 Å². The van der Waals surface area contributed by atoms with E-state index < -0.39 is 6.23 Å². The molecule has 0 spiro atoms. The molecule has 192 valence electrons. The predicted octanol–water partition coefficient (Wildman–Crippen LogP) is 2.28. The lowest BCUT2D eigenvalue weighted by Crippen LogP contribution is -2.42. The van der Waals surface area contributed by atoms with Crippen molar-refractivity contribution >= 4 is 16.9 Å². The van der Waals surface area contributed by atoms with Crippen molar-refractivity contribution in [3.8, 4) is 22.8 Å². The number of aromatic nitrogens is 3.